The highest BCUT2D eigenvalue weighted by molar-refractivity contribution is 4.90. The minimum absolute atomic E-state index is 1.09. The molecule has 0 nitrogen and oxygen atoms in total. The first-order valence-electron chi connectivity index (χ1n) is 19.2. The summed E-state index contributed by atoms with van der Waals surface area (Å²) in [4.78, 5) is 0. The van der Waals surface area contributed by atoms with Gasteiger partial charge in [-0.15, -0.1) is 37.8 Å². The average molecular weight is 661 g/mol. The second-order valence-corrected chi connectivity index (χ2v) is 10.8. The molecule has 0 saturated heterocycles. The van der Waals surface area contributed by atoms with Gasteiger partial charge in [-0.05, 0) is 135 Å². The lowest BCUT2D eigenvalue weighted by molar-refractivity contribution is 0.729. The Kier molecular flexibility index (Phi) is 89.1. The van der Waals surface area contributed by atoms with Gasteiger partial charge in [0.2, 0.25) is 0 Å². The molecular formula is C48H84. The summed E-state index contributed by atoms with van der Waals surface area (Å²) >= 11 is 0. The first-order chi connectivity index (χ1) is 23.5. The van der Waals surface area contributed by atoms with Crippen molar-refractivity contribution in [3.8, 4) is 0 Å². The lowest BCUT2D eigenvalue weighted by Crippen LogP contribution is -1.69. The Bertz CT molecular complexity index is 787. The lowest BCUT2D eigenvalue weighted by Gasteiger charge is -1.89. The third kappa shape index (κ3) is 104. The van der Waals surface area contributed by atoms with Crippen LogP contribution in [-0.2, 0) is 0 Å². The molecule has 0 heteroatoms. The van der Waals surface area contributed by atoms with E-state index in [4.69, 9.17) is 0 Å². The molecule has 0 atom stereocenters. The Morgan fingerprint density at radius 1 is 0.417 bits per heavy atom. The van der Waals surface area contributed by atoms with E-state index in [0.717, 1.165) is 70.6 Å². The molecule has 48 heavy (non-hydrogen) atoms. The molecule has 0 aliphatic rings. The maximum absolute atomic E-state index is 3.63. The number of hydrogen-bond donors (Lipinski definition) is 0. The first-order valence-corrected chi connectivity index (χ1v) is 19.2. The van der Waals surface area contributed by atoms with Crippen LogP contribution in [0.15, 0.2) is 135 Å². The van der Waals surface area contributed by atoms with Gasteiger partial charge >= 0.3 is 0 Å². The van der Waals surface area contributed by atoms with Gasteiger partial charge in [-0.2, -0.15) is 0 Å². The third-order valence-electron chi connectivity index (χ3n) is 5.90. The van der Waals surface area contributed by atoms with Crippen molar-refractivity contribution in [2.45, 2.75) is 170 Å². The monoisotopic (exact) mass is 661 g/mol. The molecule has 0 bridgehead atoms. The summed E-state index contributed by atoms with van der Waals surface area (Å²) < 4.78 is 0. The molecule has 0 aromatic rings. The molecule has 0 aliphatic carbocycles. The summed E-state index contributed by atoms with van der Waals surface area (Å²) in [6.45, 7) is 32.9. The van der Waals surface area contributed by atoms with Crippen molar-refractivity contribution >= 4 is 0 Å². The van der Waals surface area contributed by atoms with E-state index in [2.05, 4.69) is 140 Å². The fourth-order valence-corrected chi connectivity index (χ4v) is 3.13. The highest BCUT2D eigenvalue weighted by Gasteiger charge is 1.80. The Morgan fingerprint density at radius 2 is 0.958 bits per heavy atom. The SMILES string of the molecule is C/C=C\C/C=C/CC.C=C=CCCCCC.C=CCC/C=C\CC.C=CCCC/C=C/C.C=CCCCCC=C.CCC=C=CCCC. The van der Waals surface area contributed by atoms with Gasteiger partial charge in [-0.1, -0.05) is 133 Å². The van der Waals surface area contributed by atoms with Crippen LogP contribution in [0.5, 0.6) is 0 Å². The van der Waals surface area contributed by atoms with Gasteiger partial charge in [0.05, 0.1) is 0 Å². The predicted molar refractivity (Wildman–Crippen MR) is 231 cm³/mol. The fourth-order valence-electron chi connectivity index (χ4n) is 3.13. The van der Waals surface area contributed by atoms with Crippen molar-refractivity contribution in [1.29, 1.82) is 0 Å². The Morgan fingerprint density at radius 3 is 1.42 bits per heavy atom. The van der Waals surface area contributed by atoms with Crippen molar-refractivity contribution < 1.29 is 0 Å². The van der Waals surface area contributed by atoms with Gasteiger partial charge in [0.15, 0.2) is 0 Å². The lowest BCUT2D eigenvalue weighted by atomic mass is 10.2. The van der Waals surface area contributed by atoms with E-state index in [1.165, 1.54) is 51.4 Å². The summed E-state index contributed by atoms with van der Waals surface area (Å²) in [5.74, 6) is 0. The van der Waals surface area contributed by atoms with Crippen LogP contribution in [0.3, 0.4) is 0 Å². The maximum Gasteiger partial charge on any atom is -0.0169 e. The van der Waals surface area contributed by atoms with Crippen molar-refractivity contribution in [2.75, 3.05) is 0 Å². The van der Waals surface area contributed by atoms with Crippen molar-refractivity contribution in [3.63, 3.8) is 0 Å². The Labute approximate surface area is 305 Å². The van der Waals surface area contributed by atoms with Gasteiger partial charge in [0.1, 0.15) is 0 Å². The number of hydrogen-bond acceptors (Lipinski definition) is 0. The van der Waals surface area contributed by atoms with Crippen LogP contribution < -0.4 is 0 Å². The average Bonchev–Trinajstić information content (AvgIpc) is 3.11. The van der Waals surface area contributed by atoms with E-state index in [1.54, 1.807) is 0 Å². The van der Waals surface area contributed by atoms with E-state index < -0.39 is 0 Å². The molecule has 0 amide bonds. The number of rotatable bonds is 23. The molecule has 0 saturated carbocycles. The predicted octanol–water partition coefficient (Wildman–Crippen LogP) is 17.5. The molecule has 0 unspecified atom stereocenters. The molecule has 0 N–H and O–H groups in total. The molecule has 0 aromatic heterocycles. The molecule has 0 aliphatic heterocycles. The zero-order chi connectivity index (χ0) is 37.5. The molecule has 0 aromatic carbocycles. The van der Waals surface area contributed by atoms with Crippen LogP contribution >= 0.6 is 0 Å². The van der Waals surface area contributed by atoms with E-state index >= 15 is 0 Å². The van der Waals surface area contributed by atoms with Crippen molar-refractivity contribution in [1.82, 2.24) is 0 Å². The summed E-state index contributed by atoms with van der Waals surface area (Å²) in [7, 11) is 0. The molecule has 0 heterocycles. The summed E-state index contributed by atoms with van der Waals surface area (Å²) in [5.41, 5.74) is 5.84. The Hall–Kier alpha value is -3.04. The quantitative estimate of drug-likeness (QED) is 0.0581. The van der Waals surface area contributed by atoms with E-state index in [-0.39, 0.29) is 0 Å². The van der Waals surface area contributed by atoms with Crippen LogP contribution in [0.2, 0.25) is 0 Å². The standard InChI is InChI=1S/6C8H14/c6*1-3-5-7-8-6-4-2/h5,8H,3-4,6H2,1-2H3;3,5-6,8H,4,7H2,1-2H3;5H,1,4,6-8H2,2H3;3,6,8H,1,4-5,7H2,2H3;3-4,6H,1,5,7-8H2,2H3;3-4H,1-2,5-8H2/b;5-3-,8-6+;;8-6-;6-4+;. The summed E-state index contributed by atoms with van der Waals surface area (Å²) in [6, 6.07) is 0. The van der Waals surface area contributed by atoms with E-state index in [0.29, 0.717) is 0 Å². The molecular weight excluding hydrogens is 577 g/mol. The maximum atomic E-state index is 3.63. The largest absolute Gasteiger partial charge is 0.133 e. The second-order valence-electron chi connectivity index (χ2n) is 10.8. The topological polar surface area (TPSA) is 0 Å². The van der Waals surface area contributed by atoms with Gasteiger partial charge in [0.25, 0.3) is 0 Å². The number of allylic oxidation sites excluding steroid dienone is 14. The summed E-state index contributed by atoms with van der Waals surface area (Å²) in [5, 5.41) is 0. The van der Waals surface area contributed by atoms with Crippen molar-refractivity contribution in [3.05, 3.63) is 135 Å². The molecule has 0 spiro atoms. The zero-order valence-corrected chi connectivity index (χ0v) is 33.6. The fraction of sp³-hybridized carbons (Fsp3) is 0.542. The third-order valence-corrected chi connectivity index (χ3v) is 5.90. The minimum Gasteiger partial charge on any atom is -0.133 e. The Balaban J connectivity index is -0.000000110. The van der Waals surface area contributed by atoms with Gasteiger partial charge < -0.3 is 0 Å². The van der Waals surface area contributed by atoms with E-state index in [1.807, 2.05) is 44.2 Å². The van der Waals surface area contributed by atoms with Gasteiger partial charge in [0, 0.05) is 0 Å². The van der Waals surface area contributed by atoms with Crippen molar-refractivity contribution in [2.24, 2.45) is 0 Å². The van der Waals surface area contributed by atoms with Crippen LogP contribution in [0.1, 0.15) is 170 Å². The molecule has 0 radical (unpaired) electrons. The van der Waals surface area contributed by atoms with Crippen LogP contribution in [-0.4, -0.2) is 0 Å². The highest BCUT2D eigenvalue weighted by Crippen LogP contribution is 1.99. The second kappa shape index (κ2) is 74.7. The minimum atomic E-state index is 1.09. The van der Waals surface area contributed by atoms with Crippen LogP contribution in [0.4, 0.5) is 0 Å². The number of unbranched alkanes of at least 4 members (excludes halogenated alkanes) is 10. The van der Waals surface area contributed by atoms with Gasteiger partial charge in [-0.3, -0.25) is 0 Å². The molecule has 276 valence electrons. The van der Waals surface area contributed by atoms with Crippen LogP contribution in [0.25, 0.3) is 0 Å². The van der Waals surface area contributed by atoms with Crippen LogP contribution in [0, 0.1) is 0 Å². The van der Waals surface area contributed by atoms with E-state index in [9.17, 15) is 0 Å². The zero-order valence-electron chi connectivity index (χ0n) is 33.6. The molecule has 0 rings (SSSR count). The van der Waals surface area contributed by atoms with Gasteiger partial charge in [-0.25, -0.2) is 0 Å². The first kappa shape index (κ1) is 57.2. The normalized spacial score (nSPS) is 9.40. The highest BCUT2D eigenvalue weighted by atomic mass is 13.9. The molecule has 0 fully saturated rings. The summed E-state index contributed by atoms with van der Waals surface area (Å²) in [6.07, 6.45) is 53.8. The smallest absolute Gasteiger partial charge is 0.0169 e.